The van der Waals surface area contributed by atoms with Gasteiger partial charge in [0.15, 0.2) is 0 Å². The minimum absolute atomic E-state index is 0.0895. The Kier molecular flexibility index (Phi) is 4.99. The number of amides is 1. The van der Waals surface area contributed by atoms with E-state index in [2.05, 4.69) is 5.32 Å². The monoisotopic (exact) mass is 300 g/mol. The van der Waals surface area contributed by atoms with E-state index in [1.165, 1.54) is 4.90 Å². The van der Waals surface area contributed by atoms with Crippen LogP contribution in [0.2, 0.25) is 0 Å². The summed E-state index contributed by atoms with van der Waals surface area (Å²) < 4.78 is 27.0. The number of hydrogen-bond donors (Lipinski definition) is 1. The Morgan fingerprint density at radius 3 is 2.90 bits per heavy atom. The van der Waals surface area contributed by atoms with Gasteiger partial charge in [-0.15, -0.1) is 0 Å². The van der Waals surface area contributed by atoms with Crippen LogP contribution in [0.3, 0.4) is 0 Å². The second-order valence-corrected chi connectivity index (χ2v) is 6.02. The average molecular weight is 300 g/mol. The van der Waals surface area contributed by atoms with Gasteiger partial charge >= 0.3 is 0 Å². The fraction of sp³-hybridized carbons (Fsp3) is 0.500. The lowest BCUT2D eigenvalue weighted by molar-refractivity contribution is -0.133. The molecule has 1 N–H and O–H groups in total. The van der Waals surface area contributed by atoms with Crippen molar-refractivity contribution in [2.24, 2.45) is 0 Å². The first-order valence-corrected chi connectivity index (χ1v) is 7.69. The molecule has 0 aromatic heterocycles. The lowest BCUT2D eigenvalue weighted by atomic mass is 10.1. The predicted molar refractivity (Wildman–Crippen MR) is 76.7 cm³/mol. The molecule has 1 fully saturated rings. The number of nitrogens with one attached hydrogen (secondary N) is 1. The Morgan fingerprint density at radius 2 is 2.25 bits per heavy atom. The zero-order valence-electron chi connectivity index (χ0n) is 11.5. The summed E-state index contributed by atoms with van der Waals surface area (Å²) in [6, 6.07) is 2.55. The van der Waals surface area contributed by atoms with E-state index in [4.69, 9.17) is 0 Å². The van der Waals surface area contributed by atoms with E-state index in [1.807, 2.05) is 0 Å². The summed E-state index contributed by atoms with van der Waals surface area (Å²) in [6.07, 6.45) is 0. The summed E-state index contributed by atoms with van der Waals surface area (Å²) >= 11 is 1.72. The highest BCUT2D eigenvalue weighted by Crippen LogP contribution is 2.24. The van der Waals surface area contributed by atoms with Crippen molar-refractivity contribution in [2.75, 3.05) is 25.1 Å². The van der Waals surface area contributed by atoms with Gasteiger partial charge in [0, 0.05) is 30.7 Å². The van der Waals surface area contributed by atoms with Crippen LogP contribution in [0.25, 0.3) is 0 Å². The van der Waals surface area contributed by atoms with Crippen molar-refractivity contribution >= 4 is 17.7 Å². The number of thioether (sulfide) groups is 1. The highest BCUT2D eigenvalue weighted by molar-refractivity contribution is 7.99. The SMILES string of the molecule is CC(c1cc(F)ccc1F)N(C)C(=O)C1CSCCN1. The molecule has 2 unspecified atom stereocenters. The van der Waals surface area contributed by atoms with E-state index in [0.717, 1.165) is 30.5 Å². The maximum Gasteiger partial charge on any atom is 0.240 e. The van der Waals surface area contributed by atoms with Crippen molar-refractivity contribution in [3.05, 3.63) is 35.4 Å². The molecular weight excluding hydrogens is 282 g/mol. The first-order valence-electron chi connectivity index (χ1n) is 6.53. The van der Waals surface area contributed by atoms with Crippen LogP contribution in [-0.2, 0) is 4.79 Å². The van der Waals surface area contributed by atoms with Gasteiger partial charge in [0.25, 0.3) is 0 Å². The van der Waals surface area contributed by atoms with Crippen molar-refractivity contribution in [3.8, 4) is 0 Å². The molecule has 0 radical (unpaired) electrons. The number of nitrogens with zero attached hydrogens (tertiary/aromatic N) is 1. The van der Waals surface area contributed by atoms with Crippen molar-refractivity contribution in [1.82, 2.24) is 10.2 Å². The van der Waals surface area contributed by atoms with Crippen molar-refractivity contribution in [2.45, 2.75) is 19.0 Å². The van der Waals surface area contributed by atoms with E-state index in [1.54, 1.807) is 25.7 Å². The highest BCUT2D eigenvalue weighted by atomic mass is 32.2. The lowest BCUT2D eigenvalue weighted by Crippen LogP contribution is -2.50. The Bertz CT molecular complexity index is 492. The minimum Gasteiger partial charge on any atom is -0.338 e. The van der Waals surface area contributed by atoms with Crippen LogP contribution < -0.4 is 5.32 Å². The molecule has 0 spiro atoms. The molecule has 2 atom stereocenters. The average Bonchev–Trinajstić information content (AvgIpc) is 2.48. The van der Waals surface area contributed by atoms with Gasteiger partial charge in [0.2, 0.25) is 5.91 Å². The summed E-state index contributed by atoms with van der Waals surface area (Å²) in [7, 11) is 1.62. The molecule has 2 rings (SSSR count). The van der Waals surface area contributed by atoms with Crippen LogP contribution in [0, 0.1) is 11.6 Å². The molecule has 0 saturated carbocycles. The van der Waals surface area contributed by atoms with Gasteiger partial charge in [-0.2, -0.15) is 11.8 Å². The van der Waals surface area contributed by atoms with Crippen LogP contribution in [0.4, 0.5) is 8.78 Å². The second-order valence-electron chi connectivity index (χ2n) is 4.87. The van der Waals surface area contributed by atoms with E-state index in [0.29, 0.717) is 5.75 Å². The molecule has 1 aromatic carbocycles. The Hall–Kier alpha value is -1.14. The van der Waals surface area contributed by atoms with Gasteiger partial charge in [-0.1, -0.05) is 0 Å². The molecule has 0 bridgehead atoms. The van der Waals surface area contributed by atoms with Gasteiger partial charge in [0.05, 0.1) is 12.1 Å². The third kappa shape index (κ3) is 3.30. The smallest absolute Gasteiger partial charge is 0.240 e. The summed E-state index contributed by atoms with van der Waals surface area (Å²) in [4.78, 5) is 13.8. The maximum absolute atomic E-state index is 13.8. The number of likely N-dealkylation sites (N-methyl/N-ethyl adjacent to an activating group) is 1. The van der Waals surface area contributed by atoms with E-state index < -0.39 is 17.7 Å². The normalized spacial score (nSPS) is 20.5. The van der Waals surface area contributed by atoms with Gasteiger partial charge < -0.3 is 10.2 Å². The van der Waals surface area contributed by atoms with E-state index >= 15 is 0 Å². The molecule has 1 aliphatic rings. The number of carbonyl (C=O) groups excluding carboxylic acids is 1. The van der Waals surface area contributed by atoms with E-state index in [9.17, 15) is 13.6 Å². The summed E-state index contributed by atoms with van der Waals surface area (Å²) in [5.74, 6) is 0.613. The van der Waals surface area contributed by atoms with Crippen LogP contribution >= 0.6 is 11.8 Å². The molecule has 1 amide bonds. The van der Waals surface area contributed by atoms with Crippen molar-refractivity contribution in [3.63, 3.8) is 0 Å². The molecular formula is C14H18F2N2OS. The number of rotatable bonds is 3. The third-order valence-electron chi connectivity index (χ3n) is 3.56. The summed E-state index contributed by atoms with van der Waals surface area (Å²) in [6.45, 7) is 2.49. The van der Waals surface area contributed by atoms with Gasteiger partial charge in [-0.05, 0) is 25.1 Å². The second kappa shape index (κ2) is 6.54. The standard InChI is InChI=1S/C14H18F2N2OS/c1-9(11-7-10(15)3-4-12(11)16)18(2)14(19)13-8-20-6-5-17-13/h3-4,7,9,13,17H,5-6,8H2,1-2H3. The van der Waals surface area contributed by atoms with Crippen molar-refractivity contribution < 1.29 is 13.6 Å². The third-order valence-corrected chi connectivity index (χ3v) is 4.62. The lowest BCUT2D eigenvalue weighted by Gasteiger charge is -2.31. The molecule has 3 nitrogen and oxygen atoms in total. The van der Waals surface area contributed by atoms with E-state index in [-0.39, 0.29) is 17.5 Å². The molecule has 1 heterocycles. The molecule has 1 saturated heterocycles. The Labute approximate surface area is 121 Å². The quantitative estimate of drug-likeness (QED) is 0.929. The predicted octanol–water partition coefficient (Wildman–Crippen LogP) is 2.19. The first-order chi connectivity index (χ1) is 9.50. The Morgan fingerprint density at radius 1 is 1.50 bits per heavy atom. The number of carbonyl (C=O) groups is 1. The highest BCUT2D eigenvalue weighted by Gasteiger charge is 2.28. The minimum atomic E-state index is -0.507. The maximum atomic E-state index is 13.8. The molecule has 110 valence electrons. The van der Waals surface area contributed by atoms with Crippen LogP contribution in [0.1, 0.15) is 18.5 Å². The topological polar surface area (TPSA) is 32.3 Å². The molecule has 1 aromatic rings. The zero-order chi connectivity index (χ0) is 14.7. The van der Waals surface area contributed by atoms with Gasteiger partial charge in [0.1, 0.15) is 11.6 Å². The summed E-state index contributed by atoms with van der Waals surface area (Å²) in [5.41, 5.74) is 0.198. The van der Waals surface area contributed by atoms with Crippen LogP contribution in [0.15, 0.2) is 18.2 Å². The molecule has 1 aliphatic heterocycles. The number of hydrogen-bond acceptors (Lipinski definition) is 3. The zero-order valence-corrected chi connectivity index (χ0v) is 12.3. The van der Waals surface area contributed by atoms with Gasteiger partial charge in [-0.25, -0.2) is 8.78 Å². The van der Waals surface area contributed by atoms with Crippen LogP contribution in [0.5, 0.6) is 0 Å². The fourth-order valence-electron chi connectivity index (χ4n) is 2.20. The number of benzene rings is 1. The first kappa shape index (κ1) is 15.3. The number of halogens is 2. The van der Waals surface area contributed by atoms with Gasteiger partial charge in [-0.3, -0.25) is 4.79 Å². The molecule has 6 heteroatoms. The fourth-order valence-corrected chi connectivity index (χ4v) is 3.13. The largest absolute Gasteiger partial charge is 0.338 e. The Balaban J connectivity index is 2.12. The van der Waals surface area contributed by atoms with Crippen LogP contribution in [-0.4, -0.2) is 41.9 Å². The molecule has 20 heavy (non-hydrogen) atoms. The molecule has 0 aliphatic carbocycles. The summed E-state index contributed by atoms with van der Waals surface area (Å²) in [5, 5.41) is 3.15. The van der Waals surface area contributed by atoms with Crippen molar-refractivity contribution in [1.29, 1.82) is 0 Å².